The van der Waals surface area contributed by atoms with E-state index in [1.54, 1.807) is 11.1 Å². The molecule has 1 spiro atoms. The Hall–Kier alpha value is -1.37. The molecule has 5 nitrogen and oxygen atoms in total. The van der Waals surface area contributed by atoms with Gasteiger partial charge in [-0.25, -0.2) is 14.2 Å². The van der Waals surface area contributed by atoms with Crippen LogP contribution in [0, 0.1) is 11.2 Å². The van der Waals surface area contributed by atoms with Crippen LogP contribution in [-0.4, -0.2) is 47.8 Å². The Labute approximate surface area is 150 Å². The van der Waals surface area contributed by atoms with Gasteiger partial charge in [-0.05, 0) is 55.6 Å². The number of likely N-dealkylation sites (tertiary alicyclic amines) is 1. The number of ether oxygens (including phenoxy) is 1. The number of anilines is 1. The lowest BCUT2D eigenvalue weighted by Crippen LogP contribution is -2.62. The van der Waals surface area contributed by atoms with E-state index in [9.17, 15) is 9.18 Å². The van der Waals surface area contributed by atoms with Gasteiger partial charge in [-0.15, -0.1) is 0 Å². The quantitative estimate of drug-likeness (QED) is 0.719. The van der Waals surface area contributed by atoms with Gasteiger partial charge in [-0.3, -0.25) is 0 Å². The number of piperidine rings is 1. The Morgan fingerprint density at radius 1 is 1.33 bits per heavy atom. The Balaban J connectivity index is 1.54. The lowest BCUT2D eigenvalue weighted by molar-refractivity contribution is -0.0435. The average molecular weight is 400 g/mol. The predicted octanol–water partition coefficient (Wildman–Crippen LogP) is 3.82. The summed E-state index contributed by atoms with van der Waals surface area (Å²) in [5, 5.41) is 0. The van der Waals surface area contributed by atoms with Crippen molar-refractivity contribution in [3.63, 3.8) is 0 Å². The van der Waals surface area contributed by atoms with Gasteiger partial charge in [0.05, 0.1) is 0 Å². The molecular formula is C17H23BrFN3O2. The molecule has 132 valence electrons. The van der Waals surface area contributed by atoms with Crippen molar-refractivity contribution in [2.24, 2.45) is 5.41 Å². The molecule has 0 bridgehead atoms. The smallest absolute Gasteiger partial charge is 0.410 e. The van der Waals surface area contributed by atoms with Crippen molar-refractivity contribution in [2.75, 3.05) is 31.1 Å². The molecule has 2 fully saturated rings. The van der Waals surface area contributed by atoms with Crippen LogP contribution in [0.2, 0.25) is 0 Å². The Bertz CT molecular complexity index is 631. The number of carbonyl (C=O) groups excluding carboxylic acids is 1. The summed E-state index contributed by atoms with van der Waals surface area (Å²) < 4.78 is 20.1. The van der Waals surface area contributed by atoms with Crippen LogP contribution in [0.5, 0.6) is 0 Å². The third kappa shape index (κ3) is 3.66. The molecular weight excluding hydrogens is 377 g/mol. The van der Waals surface area contributed by atoms with Gasteiger partial charge in [0.15, 0.2) is 11.6 Å². The van der Waals surface area contributed by atoms with E-state index < -0.39 is 5.60 Å². The van der Waals surface area contributed by atoms with E-state index in [0.717, 1.165) is 39.0 Å². The van der Waals surface area contributed by atoms with Gasteiger partial charge in [0.1, 0.15) is 5.60 Å². The summed E-state index contributed by atoms with van der Waals surface area (Å²) in [7, 11) is 0. The summed E-state index contributed by atoms with van der Waals surface area (Å²) in [5.41, 5.74) is -0.312. The van der Waals surface area contributed by atoms with Crippen molar-refractivity contribution in [2.45, 2.75) is 39.2 Å². The molecule has 1 aromatic heterocycles. The largest absolute Gasteiger partial charge is 0.444 e. The summed E-state index contributed by atoms with van der Waals surface area (Å²) in [4.78, 5) is 20.0. The van der Waals surface area contributed by atoms with E-state index in [1.807, 2.05) is 25.7 Å². The highest BCUT2D eigenvalue weighted by molar-refractivity contribution is 9.10. The SMILES string of the molecule is CC(C)(C)OC(=O)N1CC2(CCN(c3ncc(Br)cc3F)CC2)C1. The average Bonchev–Trinajstić information content (AvgIpc) is 2.43. The van der Waals surface area contributed by atoms with Crippen LogP contribution in [0.4, 0.5) is 15.0 Å². The van der Waals surface area contributed by atoms with E-state index in [0.29, 0.717) is 10.3 Å². The molecule has 0 radical (unpaired) electrons. The minimum Gasteiger partial charge on any atom is -0.444 e. The molecule has 2 aliphatic rings. The van der Waals surface area contributed by atoms with E-state index in [2.05, 4.69) is 20.9 Å². The van der Waals surface area contributed by atoms with Crippen molar-refractivity contribution >= 4 is 27.8 Å². The fraction of sp³-hybridized carbons (Fsp3) is 0.647. The summed E-state index contributed by atoms with van der Waals surface area (Å²) in [6.45, 7) is 8.59. The third-order valence-electron chi connectivity index (χ3n) is 4.62. The van der Waals surface area contributed by atoms with Gasteiger partial charge >= 0.3 is 6.09 Å². The second-order valence-corrected chi connectivity index (χ2v) is 8.70. The lowest BCUT2D eigenvalue weighted by atomic mass is 9.72. The zero-order chi connectivity index (χ0) is 17.5. The summed E-state index contributed by atoms with van der Waals surface area (Å²) >= 11 is 3.23. The maximum absolute atomic E-state index is 14.0. The molecule has 0 aromatic carbocycles. The first-order valence-corrected chi connectivity index (χ1v) is 9.01. The van der Waals surface area contributed by atoms with Crippen molar-refractivity contribution in [1.82, 2.24) is 9.88 Å². The van der Waals surface area contributed by atoms with E-state index >= 15 is 0 Å². The molecule has 3 heterocycles. The molecule has 3 rings (SSSR count). The molecule has 0 unspecified atom stereocenters. The number of halogens is 2. The minimum atomic E-state index is -0.464. The first kappa shape index (κ1) is 17.5. The molecule has 1 amide bonds. The molecule has 0 saturated carbocycles. The summed E-state index contributed by atoms with van der Waals surface area (Å²) in [6, 6.07) is 1.44. The Morgan fingerprint density at radius 2 is 1.96 bits per heavy atom. The molecule has 2 saturated heterocycles. The molecule has 1 aromatic rings. The Kier molecular flexibility index (Phi) is 4.49. The van der Waals surface area contributed by atoms with Gasteiger partial charge < -0.3 is 14.5 Å². The number of pyridine rings is 1. The number of hydrogen-bond acceptors (Lipinski definition) is 4. The molecule has 0 atom stereocenters. The molecule has 0 aliphatic carbocycles. The molecule has 7 heteroatoms. The zero-order valence-corrected chi connectivity index (χ0v) is 15.9. The number of nitrogens with zero attached hydrogens (tertiary/aromatic N) is 3. The van der Waals surface area contributed by atoms with Gasteiger partial charge in [-0.1, -0.05) is 0 Å². The van der Waals surface area contributed by atoms with Crippen LogP contribution in [-0.2, 0) is 4.74 Å². The standard InChI is InChI=1S/C17H23BrFN3O2/c1-16(2,3)24-15(23)22-10-17(11-22)4-6-21(7-5-17)14-13(19)8-12(18)9-20-14/h8-9H,4-7,10-11H2,1-3H3. The van der Waals surface area contributed by atoms with E-state index in [-0.39, 0.29) is 17.3 Å². The Morgan fingerprint density at radius 3 is 2.50 bits per heavy atom. The van der Waals surface area contributed by atoms with Crippen molar-refractivity contribution in [3.05, 3.63) is 22.6 Å². The first-order chi connectivity index (χ1) is 11.2. The van der Waals surface area contributed by atoms with Gasteiger partial charge in [0.25, 0.3) is 0 Å². The number of rotatable bonds is 1. The zero-order valence-electron chi connectivity index (χ0n) is 14.3. The van der Waals surface area contributed by atoms with Crippen molar-refractivity contribution < 1.29 is 13.9 Å². The topological polar surface area (TPSA) is 45.7 Å². The monoisotopic (exact) mass is 399 g/mol. The van der Waals surface area contributed by atoms with Crippen LogP contribution in [0.25, 0.3) is 0 Å². The first-order valence-electron chi connectivity index (χ1n) is 8.21. The molecule has 24 heavy (non-hydrogen) atoms. The van der Waals surface area contributed by atoms with Crippen LogP contribution in [0.3, 0.4) is 0 Å². The fourth-order valence-electron chi connectivity index (χ4n) is 3.37. The third-order valence-corrected chi connectivity index (χ3v) is 5.05. The predicted molar refractivity (Wildman–Crippen MR) is 93.6 cm³/mol. The second-order valence-electron chi connectivity index (χ2n) is 7.78. The normalized spacial score (nSPS) is 20.0. The van der Waals surface area contributed by atoms with Crippen LogP contribution < -0.4 is 4.90 Å². The fourth-order valence-corrected chi connectivity index (χ4v) is 3.67. The van der Waals surface area contributed by atoms with Crippen LogP contribution in [0.15, 0.2) is 16.7 Å². The van der Waals surface area contributed by atoms with Gasteiger partial charge in [-0.2, -0.15) is 0 Å². The number of carbonyl (C=O) groups is 1. The van der Waals surface area contributed by atoms with Gasteiger partial charge in [0, 0.05) is 42.3 Å². The lowest BCUT2D eigenvalue weighted by Gasteiger charge is -2.53. The molecule has 2 aliphatic heterocycles. The van der Waals surface area contributed by atoms with Crippen LogP contribution in [0.1, 0.15) is 33.6 Å². The van der Waals surface area contributed by atoms with E-state index in [1.165, 1.54) is 6.07 Å². The molecule has 0 N–H and O–H groups in total. The maximum atomic E-state index is 14.0. The van der Waals surface area contributed by atoms with Gasteiger partial charge in [0.2, 0.25) is 0 Å². The van der Waals surface area contributed by atoms with Crippen LogP contribution >= 0.6 is 15.9 Å². The summed E-state index contributed by atoms with van der Waals surface area (Å²) in [5.74, 6) is 0.112. The number of amides is 1. The second kappa shape index (κ2) is 6.17. The highest BCUT2D eigenvalue weighted by Gasteiger charge is 2.48. The number of aromatic nitrogens is 1. The summed E-state index contributed by atoms with van der Waals surface area (Å²) in [6.07, 6.45) is 3.25. The van der Waals surface area contributed by atoms with Crippen molar-refractivity contribution in [3.8, 4) is 0 Å². The van der Waals surface area contributed by atoms with Crippen molar-refractivity contribution in [1.29, 1.82) is 0 Å². The van der Waals surface area contributed by atoms with E-state index in [4.69, 9.17) is 4.74 Å². The highest BCUT2D eigenvalue weighted by Crippen LogP contribution is 2.42. The number of hydrogen-bond donors (Lipinski definition) is 0. The highest BCUT2D eigenvalue weighted by atomic mass is 79.9. The minimum absolute atomic E-state index is 0.152. The maximum Gasteiger partial charge on any atom is 0.410 e.